The molecule has 1 fully saturated rings. The molecule has 0 N–H and O–H groups in total. The van der Waals surface area contributed by atoms with Crippen LogP contribution in [-0.4, -0.2) is 38.3 Å². The Morgan fingerprint density at radius 1 is 0.879 bits per heavy atom. The molecule has 4 rings (SSSR count). The van der Waals surface area contributed by atoms with Gasteiger partial charge in [-0.2, -0.15) is 0 Å². The molecule has 1 amide bonds. The Kier molecular flexibility index (Phi) is 6.03. The lowest BCUT2D eigenvalue weighted by atomic mass is 9.89. The Bertz CT molecular complexity index is 1160. The fourth-order valence-electron chi connectivity index (χ4n) is 3.86. The number of nitro groups is 1. The van der Waals surface area contributed by atoms with Crippen molar-refractivity contribution in [3.05, 3.63) is 82.4 Å². The zero-order chi connectivity index (χ0) is 23.5. The molecule has 1 aliphatic rings. The van der Waals surface area contributed by atoms with E-state index in [1.54, 1.807) is 48.5 Å². The van der Waals surface area contributed by atoms with Crippen molar-refractivity contribution < 1.29 is 28.7 Å². The maximum absolute atomic E-state index is 13.3. The molecule has 0 spiro atoms. The van der Waals surface area contributed by atoms with Crippen LogP contribution in [0.25, 0.3) is 0 Å². The number of hydrogen-bond donors (Lipinski definition) is 0. The number of methoxy groups -OCH3 is 3. The van der Waals surface area contributed by atoms with Gasteiger partial charge in [-0.15, -0.1) is 0 Å². The van der Waals surface area contributed by atoms with Crippen LogP contribution in [0.3, 0.4) is 0 Å². The standard InChI is InChI=1S/C24H22N2O7/c1-30-19-13-17(14-20(31-2)22(19)32-3)25-21(15-8-7-9-16(12-15)26(28)29)23(24(25)27)33-18-10-5-4-6-11-18/h4-14,21,23H,1-3H3/t21-,23+/m1/s1. The van der Waals surface area contributed by atoms with E-state index < -0.39 is 17.1 Å². The maximum Gasteiger partial charge on any atom is 0.271 e. The molecule has 170 valence electrons. The van der Waals surface area contributed by atoms with Gasteiger partial charge in [0.05, 0.1) is 31.9 Å². The first-order chi connectivity index (χ1) is 16.0. The van der Waals surface area contributed by atoms with E-state index in [-0.39, 0.29) is 11.6 Å². The third kappa shape index (κ3) is 4.00. The van der Waals surface area contributed by atoms with Crippen molar-refractivity contribution in [3.8, 4) is 23.0 Å². The number of β-lactam (4-membered cyclic amide) rings is 1. The lowest BCUT2D eigenvalue weighted by molar-refractivity contribution is -0.384. The highest BCUT2D eigenvalue weighted by atomic mass is 16.6. The molecular formula is C24H22N2O7. The molecule has 1 saturated heterocycles. The van der Waals surface area contributed by atoms with Gasteiger partial charge in [0.2, 0.25) is 11.9 Å². The number of ether oxygens (including phenoxy) is 4. The summed E-state index contributed by atoms with van der Waals surface area (Å²) in [6.45, 7) is 0. The van der Waals surface area contributed by atoms with Crippen LogP contribution in [-0.2, 0) is 4.79 Å². The van der Waals surface area contributed by atoms with Crippen LogP contribution in [0, 0.1) is 10.1 Å². The summed E-state index contributed by atoms with van der Waals surface area (Å²) in [4.78, 5) is 25.7. The first kappa shape index (κ1) is 21.9. The summed E-state index contributed by atoms with van der Waals surface area (Å²) in [5.41, 5.74) is 0.979. The number of rotatable bonds is 8. The molecule has 0 bridgehead atoms. The quantitative estimate of drug-likeness (QED) is 0.289. The zero-order valence-electron chi connectivity index (χ0n) is 18.3. The number of amides is 1. The van der Waals surface area contributed by atoms with E-state index in [4.69, 9.17) is 18.9 Å². The van der Waals surface area contributed by atoms with Crippen LogP contribution in [0.15, 0.2) is 66.7 Å². The fraction of sp³-hybridized carbons (Fsp3) is 0.208. The number of benzene rings is 3. The van der Waals surface area contributed by atoms with E-state index in [0.29, 0.717) is 34.2 Å². The van der Waals surface area contributed by atoms with E-state index >= 15 is 0 Å². The number of hydrogen-bond acceptors (Lipinski definition) is 7. The number of anilines is 1. The first-order valence-corrected chi connectivity index (χ1v) is 10.1. The van der Waals surface area contributed by atoms with Gasteiger partial charge in [0.1, 0.15) is 11.8 Å². The van der Waals surface area contributed by atoms with E-state index in [9.17, 15) is 14.9 Å². The predicted octanol–water partition coefficient (Wildman–Crippen LogP) is 4.16. The summed E-state index contributed by atoms with van der Waals surface area (Å²) >= 11 is 0. The van der Waals surface area contributed by atoms with E-state index in [1.807, 2.05) is 6.07 Å². The van der Waals surface area contributed by atoms with Crippen molar-refractivity contribution in [2.24, 2.45) is 0 Å². The Hall–Kier alpha value is -4.27. The monoisotopic (exact) mass is 450 g/mol. The van der Waals surface area contributed by atoms with Gasteiger partial charge in [-0.3, -0.25) is 19.8 Å². The molecule has 9 nitrogen and oxygen atoms in total. The lowest BCUT2D eigenvalue weighted by Gasteiger charge is -2.46. The Balaban J connectivity index is 1.79. The Labute approximate surface area is 190 Å². The number of non-ortho nitro benzene ring substituents is 1. The summed E-state index contributed by atoms with van der Waals surface area (Å²) in [6, 6.07) is 17.8. The Morgan fingerprint density at radius 3 is 2.12 bits per heavy atom. The van der Waals surface area contributed by atoms with Crippen LogP contribution in [0.4, 0.5) is 11.4 Å². The van der Waals surface area contributed by atoms with Gasteiger partial charge in [0, 0.05) is 24.3 Å². The van der Waals surface area contributed by atoms with Gasteiger partial charge in [-0.1, -0.05) is 30.3 Å². The molecular weight excluding hydrogens is 428 g/mol. The number of para-hydroxylation sites is 1. The van der Waals surface area contributed by atoms with Crippen LogP contribution in [0.5, 0.6) is 23.0 Å². The average Bonchev–Trinajstić information content (AvgIpc) is 2.85. The fourth-order valence-corrected chi connectivity index (χ4v) is 3.86. The highest BCUT2D eigenvalue weighted by Gasteiger charge is 2.51. The summed E-state index contributed by atoms with van der Waals surface area (Å²) in [5.74, 6) is 1.37. The molecule has 0 aromatic heterocycles. The smallest absolute Gasteiger partial charge is 0.271 e. The lowest BCUT2D eigenvalue weighted by Crippen LogP contribution is -2.61. The van der Waals surface area contributed by atoms with Crippen molar-refractivity contribution in [3.63, 3.8) is 0 Å². The second-order valence-corrected chi connectivity index (χ2v) is 7.24. The average molecular weight is 450 g/mol. The van der Waals surface area contributed by atoms with Gasteiger partial charge >= 0.3 is 0 Å². The van der Waals surface area contributed by atoms with Gasteiger partial charge in [0.15, 0.2) is 11.5 Å². The van der Waals surface area contributed by atoms with Gasteiger partial charge in [0.25, 0.3) is 11.6 Å². The predicted molar refractivity (Wildman–Crippen MR) is 120 cm³/mol. The van der Waals surface area contributed by atoms with Crippen molar-refractivity contribution in [2.75, 3.05) is 26.2 Å². The van der Waals surface area contributed by atoms with Crippen LogP contribution < -0.4 is 23.8 Å². The minimum absolute atomic E-state index is 0.0739. The summed E-state index contributed by atoms with van der Waals surface area (Å²) in [6.07, 6.45) is -0.867. The molecule has 1 heterocycles. The van der Waals surface area contributed by atoms with Crippen LogP contribution >= 0.6 is 0 Å². The van der Waals surface area contributed by atoms with Crippen molar-refractivity contribution in [1.29, 1.82) is 0 Å². The molecule has 0 radical (unpaired) electrons. The molecule has 33 heavy (non-hydrogen) atoms. The minimum Gasteiger partial charge on any atom is -0.493 e. The molecule has 3 aromatic carbocycles. The third-order valence-electron chi connectivity index (χ3n) is 5.40. The van der Waals surface area contributed by atoms with Crippen LogP contribution in [0.1, 0.15) is 11.6 Å². The molecule has 3 aromatic rings. The minimum atomic E-state index is -0.867. The van der Waals surface area contributed by atoms with Crippen molar-refractivity contribution in [2.45, 2.75) is 12.1 Å². The second-order valence-electron chi connectivity index (χ2n) is 7.24. The van der Waals surface area contributed by atoms with E-state index in [0.717, 1.165) is 0 Å². The second kappa shape index (κ2) is 9.07. The van der Waals surface area contributed by atoms with E-state index in [1.165, 1.54) is 38.4 Å². The molecule has 0 saturated carbocycles. The SMILES string of the molecule is COc1cc(N2C(=O)[C@@H](Oc3ccccc3)[C@H]2c2cccc([N+](=O)[O-])c2)cc(OC)c1OC. The van der Waals surface area contributed by atoms with Crippen LogP contribution in [0.2, 0.25) is 0 Å². The third-order valence-corrected chi connectivity index (χ3v) is 5.40. The van der Waals surface area contributed by atoms with Gasteiger partial charge in [-0.05, 0) is 17.7 Å². The highest BCUT2D eigenvalue weighted by molar-refractivity contribution is 6.05. The first-order valence-electron chi connectivity index (χ1n) is 10.1. The zero-order valence-corrected chi connectivity index (χ0v) is 18.3. The maximum atomic E-state index is 13.3. The number of carbonyl (C=O) groups excluding carboxylic acids is 1. The summed E-state index contributed by atoms with van der Waals surface area (Å²) in [5, 5.41) is 11.4. The molecule has 9 heteroatoms. The molecule has 0 unspecified atom stereocenters. The van der Waals surface area contributed by atoms with E-state index in [2.05, 4.69) is 0 Å². The molecule has 2 atom stereocenters. The van der Waals surface area contributed by atoms with Gasteiger partial charge in [-0.25, -0.2) is 0 Å². The van der Waals surface area contributed by atoms with Crippen molar-refractivity contribution >= 4 is 17.3 Å². The van der Waals surface area contributed by atoms with Crippen molar-refractivity contribution in [1.82, 2.24) is 0 Å². The number of nitrogens with zero attached hydrogens (tertiary/aromatic N) is 2. The van der Waals surface area contributed by atoms with Gasteiger partial charge < -0.3 is 18.9 Å². The largest absolute Gasteiger partial charge is 0.493 e. The highest BCUT2D eigenvalue weighted by Crippen LogP contribution is 2.47. The number of nitro benzene ring substituents is 1. The Morgan fingerprint density at radius 2 is 1.55 bits per heavy atom. The topological polar surface area (TPSA) is 100 Å². The molecule has 0 aliphatic carbocycles. The normalized spacial score (nSPS) is 17.2. The summed E-state index contributed by atoms with van der Waals surface area (Å²) in [7, 11) is 4.46. The molecule has 1 aliphatic heterocycles. The summed E-state index contributed by atoms with van der Waals surface area (Å²) < 4.78 is 22.2. The number of carbonyl (C=O) groups is 1.